The molecule has 20 heavy (non-hydrogen) atoms. The third kappa shape index (κ3) is 4.32. The van der Waals surface area contributed by atoms with Crippen LogP contribution in [-0.2, 0) is 11.2 Å². The maximum atomic E-state index is 12.2. The minimum Gasteiger partial charge on any atom is -0.339 e. The van der Waals surface area contributed by atoms with Crippen LogP contribution < -0.4 is 11.1 Å². The van der Waals surface area contributed by atoms with Crippen molar-refractivity contribution in [3.05, 3.63) is 35.9 Å². The lowest BCUT2D eigenvalue weighted by Crippen LogP contribution is -2.47. The minimum absolute atomic E-state index is 0.0506. The van der Waals surface area contributed by atoms with Crippen LogP contribution in [0.15, 0.2) is 30.3 Å². The number of hydrogen-bond donors (Lipinski definition) is 2. The van der Waals surface area contributed by atoms with Crippen LogP contribution in [0.4, 0.5) is 0 Å². The van der Waals surface area contributed by atoms with Gasteiger partial charge in [0.1, 0.15) is 0 Å². The molecule has 1 heterocycles. The summed E-state index contributed by atoms with van der Waals surface area (Å²) >= 11 is 0. The zero-order valence-corrected chi connectivity index (χ0v) is 12.2. The Kier molecular flexibility index (Phi) is 5.56. The Bertz CT molecular complexity index is 413. The van der Waals surface area contributed by atoms with E-state index in [1.807, 2.05) is 23.1 Å². The van der Waals surface area contributed by atoms with Gasteiger partial charge in [-0.25, -0.2) is 0 Å². The van der Waals surface area contributed by atoms with Crippen molar-refractivity contribution >= 4 is 5.91 Å². The lowest BCUT2D eigenvalue weighted by molar-refractivity contribution is -0.132. The molecule has 1 aromatic carbocycles. The van der Waals surface area contributed by atoms with Crippen LogP contribution in [-0.4, -0.2) is 42.5 Å². The van der Waals surface area contributed by atoms with E-state index in [-0.39, 0.29) is 5.91 Å². The molecule has 0 saturated carbocycles. The van der Waals surface area contributed by atoms with Gasteiger partial charge in [-0.05, 0) is 38.3 Å². The standard InChI is InChI=1S/C16H25N3O/c1-13(17)16(20)19(12-15-8-5-10-18-15)11-9-14-6-3-2-4-7-14/h2-4,6-7,13,15,18H,5,8-12,17H2,1H3/t13-,15-/m0/s1. The van der Waals surface area contributed by atoms with E-state index in [9.17, 15) is 4.79 Å². The van der Waals surface area contributed by atoms with E-state index >= 15 is 0 Å². The van der Waals surface area contributed by atoms with Crippen LogP contribution in [0.25, 0.3) is 0 Å². The fraction of sp³-hybridized carbons (Fsp3) is 0.562. The van der Waals surface area contributed by atoms with Gasteiger partial charge < -0.3 is 16.0 Å². The van der Waals surface area contributed by atoms with Crippen molar-refractivity contribution in [3.63, 3.8) is 0 Å². The molecule has 0 aliphatic carbocycles. The van der Waals surface area contributed by atoms with E-state index < -0.39 is 6.04 Å². The van der Waals surface area contributed by atoms with Gasteiger partial charge in [-0.1, -0.05) is 30.3 Å². The summed E-state index contributed by atoms with van der Waals surface area (Å²) in [6.07, 6.45) is 3.23. The van der Waals surface area contributed by atoms with Gasteiger partial charge in [0.2, 0.25) is 5.91 Å². The number of carbonyl (C=O) groups excluding carboxylic acids is 1. The third-order valence-corrected chi connectivity index (χ3v) is 3.82. The fourth-order valence-electron chi connectivity index (χ4n) is 2.67. The number of amides is 1. The van der Waals surface area contributed by atoms with Crippen molar-refractivity contribution < 1.29 is 4.79 Å². The SMILES string of the molecule is C[C@H](N)C(=O)N(CCc1ccccc1)C[C@@H]1CCCN1. The van der Waals surface area contributed by atoms with Crippen LogP contribution >= 0.6 is 0 Å². The molecular formula is C16H25N3O. The summed E-state index contributed by atoms with van der Waals surface area (Å²) in [5.41, 5.74) is 7.03. The van der Waals surface area contributed by atoms with Crippen molar-refractivity contribution in [3.8, 4) is 0 Å². The molecule has 4 heteroatoms. The summed E-state index contributed by atoms with van der Waals surface area (Å²) in [6, 6.07) is 10.3. The lowest BCUT2D eigenvalue weighted by atomic mass is 10.1. The van der Waals surface area contributed by atoms with Gasteiger partial charge >= 0.3 is 0 Å². The smallest absolute Gasteiger partial charge is 0.239 e. The molecular weight excluding hydrogens is 250 g/mol. The van der Waals surface area contributed by atoms with E-state index in [0.717, 1.165) is 32.5 Å². The van der Waals surface area contributed by atoms with Gasteiger partial charge in [0.05, 0.1) is 6.04 Å². The molecule has 0 spiro atoms. The van der Waals surface area contributed by atoms with Crippen LogP contribution in [0, 0.1) is 0 Å². The molecule has 2 atom stereocenters. The first-order valence-corrected chi connectivity index (χ1v) is 7.48. The molecule has 3 N–H and O–H groups in total. The van der Waals surface area contributed by atoms with Crippen molar-refractivity contribution in [1.82, 2.24) is 10.2 Å². The summed E-state index contributed by atoms with van der Waals surface area (Å²) in [4.78, 5) is 14.1. The fourth-order valence-corrected chi connectivity index (χ4v) is 2.67. The molecule has 0 bridgehead atoms. The summed E-state index contributed by atoms with van der Waals surface area (Å²) in [6.45, 7) is 4.33. The highest BCUT2D eigenvalue weighted by Crippen LogP contribution is 2.09. The number of benzene rings is 1. The molecule has 2 rings (SSSR count). The van der Waals surface area contributed by atoms with Crippen LogP contribution in [0.1, 0.15) is 25.3 Å². The van der Waals surface area contributed by atoms with Crippen molar-refractivity contribution in [2.24, 2.45) is 5.73 Å². The van der Waals surface area contributed by atoms with Gasteiger partial charge in [-0.3, -0.25) is 4.79 Å². The van der Waals surface area contributed by atoms with Gasteiger partial charge in [-0.15, -0.1) is 0 Å². The first-order chi connectivity index (χ1) is 9.66. The predicted octanol–water partition coefficient (Wildman–Crippen LogP) is 1.16. The van der Waals surface area contributed by atoms with E-state index in [2.05, 4.69) is 17.4 Å². The van der Waals surface area contributed by atoms with E-state index in [0.29, 0.717) is 6.04 Å². The molecule has 1 aliphatic heterocycles. The predicted molar refractivity (Wildman–Crippen MR) is 81.4 cm³/mol. The Morgan fingerprint density at radius 3 is 2.80 bits per heavy atom. The lowest BCUT2D eigenvalue weighted by Gasteiger charge is -2.27. The Labute approximate surface area is 121 Å². The van der Waals surface area contributed by atoms with Crippen molar-refractivity contribution in [1.29, 1.82) is 0 Å². The van der Waals surface area contributed by atoms with Crippen molar-refractivity contribution in [2.75, 3.05) is 19.6 Å². The van der Waals surface area contributed by atoms with Crippen LogP contribution in [0.5, 0.6) is 0 Å². The number of carbonyl (C=O) groups is 1. The molecule has 4 nitrogen and oxygen atoms in total. The minimum atomic E-state index is -0.424. The molecule has 1 aliphatic rings. The number of nitrogens with two attached hydrogens (primary N) is 1. The van der Waals surface area contributed by atoms with E-state index in [1.54, 1.807) is 6.92 Å². The van der Waals surface area contributed by atoms with E-state index in [1.165, 1.54) is 12.0 Å². The average Bonchev–Trinajstić information content (AvgIpc) is 2.96. The molecule has 0 unspecified atom stereocenters. The highest BCUT2D eigenvalue weighted by molar-refractivity contribution is 5.81. The second kappa shape index (κ2) is 7.41. The first-order valence-electron chi connectivity index (χ1n) is 7.48. The zero-order valence-electron chi connectivity index (χ0n) is 12.2. The normalized spacial score (nSPS) is 19.8. The maximum absolute atomic E-state index is 12.2. The van der Waals surface area contributed by atoms with E-state index in [4.69, 9.17) is 5.73 Å². The quantitative estimate of drug-likeness (QED) is 0.819. The number of nitrogens with one attached hydrogen (secondary N) is 1. The molecule has 1 amide bonds. The Hall–Kier alpha value is -1.39. The van der Waals surface area contributed by atoms with Gasteiger partial charge in [-0.2, -0.15) is 0 Å². The summed E-state index contributed by atoms with van der Waals surface area (Å²) in [5, 5.41) is 3.44. The number of nitrogens with zero attached hydrogens (tertiary/aromatic N) is 1. The first kappa shape index (κ1) is 15.0. The average molecular weight is 275 g/mol. The highest BCUT2D eigenvalue weighted by Gasteiger charge is 2.23. The molecule has 0 aromatic heterocycles. The summed E-state index contributed by atoms with van der Waals surface area (Å²) in [5.74, 6) is 0.0506. The number of hydrogen-bond acceptors (Lipinski definition) is 3. The maximum Gasteiger partial charge on any atom is 0.239 e. The number of rotatable bonds is 6. The van der Waals surface area contributed by atoms with Crippen LogP contribution in [0.2, 0.25) is 0 Å². The Morgan fingerprint density at radius 1 is 1.45 bits per heavy atom. The Morgan fingerprint density at radius 2 is 2.20 bits per heavy atom. The van der Waals surface area contributed by atoms with Gasteiger partial charge in [0, 0.05) is 19.1 Å². The summed E-state index contributed by atoms with van der Waals surface area (Å²) < 4.78 is 0. The van der Waals surface area contributed by atoms with Crippen molar-refractivity contribution in [2.45, 2.75) is 38.3 Å². The topological polar surface area (TPSA) is 58.4 Å². The third-order valence-electron chi connectivity index (χ3n) is 3.82. The van der Waals surface area contributed by atoms with Gasteiger partial charge in [0.15, 0.2) is 0 Å². The molecule has 1 aromatic rings. The molecule has 1 fully saturated rings. The highest BCUT2D eigenvalue weighted by atomic mass is 16.2. The molecule has 1 saturated heterocycles. The Balaban J connectivity index is 1.93. The zero-order chi connectivity index (χ0) is 14.4. The second-order valence-corrected chi connectivity index (χ2v) is 5.60. The second-order valence-electron chi connectivity index (χ2n) is 5.60. The molecule has 0 radical (unpaired) electrons. The monoisotopic (exact) mass is 275 g/mol. The van der Waals surface area contributed by atoms with Gasteiger partial charge in [0.25, 0.3) is 0 Å². The molecule has 110 valence electrons. The van der Waals surface area contributed by atoms with Crippen LogP contribution in [0.3, 0.4) is 0 Å². The largest absolute Gasteiger partial charge is 0.339 e. The summed E-state index contributed by atoms with van der Waals surface area (Å²) in [7, 11) is 0.